The zero-order chi connectivity index (χ0) is 20.5. The second-order valence-electron chi connectivity index (χ2n) is 6.94. The van der Waals surface area contributed by atoms with Gasteiger partial charge in [-0.3, -0.25) is 0 Å². The van der Waals surface area contributed by atoms with Crippen molar-refractivity contribution in [3.8, 4) is 28.6 Å². The van der Waals surface area contributed by atoms with Gasteiger partial charge in [-0.15, -0.1) is 0 Å². The van der Waals surface area contributed by atoms with E-state index < -0.39 is 0 Å². The molecule has 5 nitrogen and oxygen atoms in total. The lowest BCUT2D eigenvalue weighted by molar-refractivity contribution is 0.414. The summed E-state index contributed by atoms with van der Waals surface area (Å²) in [6, 6.07) is 25.5. The van der Waals surface area contributed by atoms with E-state index in [1.165, 1.54) is 0 Å². The first kappa shape index (κ1) is 18.5. The number of aromatic nitrogens is 3. The third-order valence-electron chi connectivity index (χ3n) is 5.02. The summed E-state index contributed by atoms with van der Waals surface area (Å²) in [4.78, 5) is 4.81. The van der Waals surface area contributed by atoms with Crippen molar-refractivity contribution in [3.05, 3.63) is 89.4 Å². The van der Waals surface area contributed by atoms with E-state index in [0.29, 0.717) is 17.3 Å². The summed E-state index contributed by atoms with van der Waals surface area (Å²) >= 11 is 6.05. The molecule has 3 aromatic carbocycles. The van der Waals surface area contributed by atoms with Crippen LogP contribution in [-0.4, -0.2) is 21.8 Å². The summed E-state index contributed by atoms with van der Waals surface area (Å²) in [5, 5.41) is 4.98. The van der Waals surface area contributed by atoms with Crippen LogP contribution in [0.5, 0.6) is 5.75 Å². The van der Waals surface area contributed by atoms with Gasteiger partial charge in [0.25, 0.3) is 0 Å². The van der Waals surface area contributed by atoms with Gasteiger partial charge < -0.3 is 13.8 Å². The highest BCUT2D eigenvalue weighted by molar-refractivity contribution is 6.30. The smallest absolute Gasteiger partial charge is 0.203 e. The van der Waals surface area contributed by atoms with Gasteiger partial charge in [-0.2, -0.15) is 0 Å². The van der Waals surface area contributed by atoms with Gasteiger partial charge in [-0.1, -0.05) is 41.0 Å². The Morgan fingerprint density at radius 3 is 2.50 bits per heavy atom. The average molecular weight is 416 g/mol. The molecule has 0 unspecified atom stereocenters. The SMILES string of the molecule is COc1ccc(-c2cc(-c3nc4ccccc4n3Cc3ccc(Cl)cc3)on2)cc1. The third-order valence-corrected chi connectivity index (χ3v) is 5.28. The highest BCUT2D eigenvalue weighted by atomic mass is 35.5. The van der Waals surface area contributed by atoms with E-state index in [1.54, 1.807) is 7.11 Å². The number of hydrogen-bond acceptors (Lipinski definition) is 4. The Balaban J connectivity index is 1.57. The lowest BCUT2D eigenvalue weighted by Gasteiger charge is -2.08. The number of hydrogen-bond donors (Lipinski definition) is 0. The number of nitrogens with zero attached hydrogens (tertiary/aromatic N) is 3. The Kier molecular flexibility index (Phi) is 4.73. The zero-order valence-electron chi connectivity index (χ0n) is 16.2. The second kappa shape index (κ2) is 7.69. The van der Waals surface area contributed by atoms with Crippen LogP contribution in [0.3, 0.4) is 0 Å². The van der Waals surface area contributed by atoms with Gasteiger partial charge in [0.1, 0.15) is 11.4 Å². The lowest BCUT2D eigenvalue weighted by atomic mass is 10.1. The normalized spacial score (nSPS) is 11.1. The summed E-state index contributed by atoms with van der Waals surface area (Å²) < 4.78 is 13.1. The van der Waals surface area contributed by atoms with E-state index in [1.807, 2.05) is 72.8 Å². The largest absolute Gasteiger partial charge is 0.497 e. The fourth-order valence-corrected chi connectivity index (χ4v) is 3.60. The van der Waals surface area contributed by atoms with Crippen LogP contribution >= 0.6 is 11.6 Å². The number of benzene rings is 3. The molecule has 6 heteroatoms. The van der Waals surface area contributed by atoms with E-state index in [9.17, 15) is 0 Å². The van der Waals surface area contributed by atoms with Crippen LogP contribution in [0.4, 0.5) is 0 Å². The Hall–Kier alpha value is -3.57. The number of methoxy groups -OCH3 is 1. The molecule has 2 heterocycles. The van der Waals surface area contributed by atoms with Gasteiger partial charge in [0.15, 0.2) is 5.82 Å². The first-order chi connectivity index (χ1) is 14.7. The molecule has 0 saturated heterocycles. The first-order valence-electron chi connectivity index (χ1n) is 9.52. The van der Waals surface area contributed by atoms with Gasteiger partial charge in [-0.05, 0) is 54.1 Å². The molecule has 2 aromatic heterocycles. The molecule has 30 heavy (non-hydrogen) atoms. The van der Waals surface area contributed by atoms with Crippen LogP contribution in [0, 0.1) is 0 Å². The molecule has 0 spiro atoms. The minimum Gasteiger partial charge on any atom is -0.497 e. The summed E-state index contributed by atoms with van der Waals surface area (Å²) in [6.45, 7) is 0.644. The van der Waals surface area contributed by atoms with Gasteiger partial charge in [0, 0.05) is 23.2 Å². The van der Waals surface area contributed by atoms with Crippen LogP contribution in [0.2, 0.25) is 5.02 Å². The van der Waals surface area contributed by atoms with E-state index in [0.717, 1.165) is 39.4 Å². The molecule has 0 aliphatic rings. The summed E-state index contributed by atoms with van der Waals surface area (Å²) in [6.07, 6.45) is 0. The second-order valence-corrected chi connectivity index (χ2v) is 7.38. The molecule has 0 fully saturated rings. The fraction of sp³-hybridized carbons (Fsp3) is 0.0833. The van der Waals surface area contributed by atoms with Gasteiger partial charge in [0.2, 0.25) is 5.76 Å². The molecule has 0 aliphatic heterocycles. The quantitative estimate of drug-likeness (QED) is 0.349. The van der Waals surface area contributed by atoms with E-state index in [2.05, 4.69) is 15.8 Å². The lowest BCUT2D eigenvalue weighted by Crippen LogP contribution is -2.01. The molecular weight excluding hydrogens is 398 g/mol. The van der Waals surface area contributed by atoms with Crippen molar-refractivity contribution in [2.75, 3.05) is 7.11 Å². The van der Waals surface area contributed by atoms with Crippen molar-refractivity contribution >= 4 is 22.6 Å². The van der Waals surface area contributed by atoms with Crippen LogP contribution in [0.1, 0.15) is 5.56 Å². The van der Waals surface area contributed by atoms with Crippen molar-refractivity contribution in [2.24, 2.45) is 0 Å². The van der Waals surface area contributed by atoms with E-state index in [4.69, 9.17) is 25.8 Å². The van der Waals surface area contributed by atoms with Crippen molar-refractivity contribution in [3.63, 3.8) is 0 Å². The highest BCUT2D eigenvalue weighted by Gasteiger charge is 2.18. The maximum atomic E-state index is 6.05. The van der Waals surface area contributed by atoms with Crippen molar-refractivity contribution in [1.29, 1.82) is 0 Å². The van der Waals surface area contributed by atoms with Crippen LogP contribution in [-0.2, 0) is 6.54 Å². The number of ether oxygens (including phenoxy) is 1. The van der Waals surface area contributed by atoms with Crippen LogP contribution in [0.15, 0.2) is 83.4 Å². The number of rotatable bonds is 5. The average Bonchev–Trinajstić information content (AvgIpc) is 3.41. The monoisotopic (exact) mass is 415 g/mol. The Morgan fingerprint density at radius 2 is 1.73 bits per heavy atom. The molecular formula is C24H18ClN3O2. The van der Waals surface area contributed by atoms with E-state index in [-0.39, 0.29) is 0 Å². The van der Waals surface area contributed by atoms with Crippen molar-refractivity contribution in [2.45, 2.75) is 6.54 Å². The standard InChI is InChI=1S/C24H18ClN3O2/c1-29-19-12-8-17(9-13-19)21-14-23(30-27-21)24-26-20-4-2-3-5-22(20)28(24)15-16-6-10-18(25)11-7-16/h2-14H,15H2,1H3. The number of para-hydroxylation sites is 2. The summed E-state index contributed by atoms with van der Waals surface area (Å²) in [5.41, 5.74) is 4.76. The number of imidazole rings is 1. The Morgan fingerprint density at radius 1 is 0.967 bits per heavy atom. The Bertz CT molecular complexity index is 1300. The van der Waals surface area contributed by atoms with Crippen LogP contribution in [0.25, 0.3) is 33.9 Å². The molecule has 0 atom stereocenters. The van der Waals surface area contributed by atoms with E-state index >= 15 is 0 Å². The fourth-order valence-electron chi connectivity index (χ4n) is 3.47. The molecule has 0 radical (unpaired) electrons. The molecule has 0 bridgehead atoms. The topological polar surface area (TPSA) is 53.1 Å². The van der Waals surface area contributed by atoms with Gasteiger partial charge >= 0.3 is 0 Å². The summed E-state index contributed by atoms with van der Waals surface area (Å²) in [5.74, 6) is 2.15. The Labute approximate surface area is 178 Å². The number of fused-ring (bicyclic) bond motifs is 1. The minimum atomic E-state index is 0.617. The maximum absolute atomic E-state index is 6.05. The summed E-state index contributed by atoms with van der Waals surface area (Å²) in [7, 11) is 1.65. The zero-order valence-corrected chi connectivity index (χ0v) is 17.0. The van der Waals surface area contributed by atoms with Gasteiger partial charge in [-0.25, -0.2) is 4.98 Å². The minimum absolute atomic E-state index is 0.617. The highest BCUT2D eigenvalue weighted by Crippen LogP contribution is 2.30. The molecule has 0 aliphatic carbocycles. The first-order valence-corrected chi connectivity index (χ1v) is 9.90. The van der Waals surface area contributed by atoms with Crippen molar-refractivity contribution in [1.82, 2.24) is 14.7 Å². The molecule has 148 valence electrons. The number of halogens is 1. The maximum Gasteiger partial charge on any atom is 0.203 e. The molecule has 0 amide bonds. The van der Waals surface area contributed by atoms with Crippen LogP contribution < -0.4 is 4.74 Å². The molecule has 5 aromatic rings. The van der Waals surface area contributed by atoms with Gasteiger partial charge in [0.05, 0.1) is 18.1 Å². The predicted molar refractivity (Wildman–Crippen MR) is 118 cm³/mol. The molecule has 5 rings (SSSR count). The third kappa shape index (κ3) is 3.44. The van der Waals surface area contributed by atoms with Crippen molar-refractivity contribution < 1.29 is 9.26 Å². The molecule has 0 saturated carbocycles. The molecule has 0 N–H and O–H groups in total. The predicted octanol–water partition coefficient (Wildman–Crippen LogP) is 6.07.